The molecule has 0 aromatic carbocycles. The van der Waals surface area contributed by atoms with E-state index in [2.05, 4.69) is 23.7 Å². The lowest BCUT2D eigenvalue weighted by molar-refractivity contribution is 0.0590. The van der Waals surface area contributed by atoms with Crippen molar-refractivity contribution in [3.05, 3.63) is 16.1 Å². The lowest BCUT2D eigenvalue weighted by atomic mass is 10.2. The van der Waals surface area contributed by atoms with Crippen molar-refractivity contribution in [3.63, 3.8) is 0 Å². The number of hydrogen-bond donors (Lipinski definition) is 1. The molecule has 0 atom stereocenters. The third-order valence-electron chi connectivity index (χ3n) is 3.46. The van der Waals surface area contributed by atoms with Gasteiger partial charge >= 0.3 is 0 Å². The molecule has 0 aliphatic carbocycles. The zero-order valence-electron chi connectivity index (χ0n) is 11.6. The monoisotopic (exact) mass is 282 g/mol. The third-order valence-corrected chi connectivity index (χ3v) is 4.37. The minimum absolute atomic E-state index is 0.0583. The Balaban J connectivity index is 1.93. The molecular formula is C13H22N4OS. The Morgan fingerprint density at radius 1 is 1.42 bits per heavy atom. The van der Waals surface area contributed by atoms with Gasteiger partial charge in [0, 0.05) is 44.0 Å². The average Bonchev–Trinajstić information content (AvgIpc) is 2.87. The Morgan fingerprint density at radius 3 is 2.68 bits per heavy atom. The molecule has 2 heterocycles. The summed E-state index contributed by atoms with van der Waals surface area (Å²) in [5.74, 6) is 0.0583. The van der Waals surface area contributed by atoms with E-state index in [1.165, 1.54) is 11.3 Å². The van der Waals surface area contributed by atoms with Gasteiger partial charge in [-0.1, -0.05) is 0 Å². The van der Waals surface area contributed by atoms with Crippen LogP contribution >= 0.6 is 11.3 Å². The van der Waals surface area contributed by atoms with Crippen molar-refractivity contribution < 1.29 is 4.79 Å². The Hall–Kier alpha value is -0.980. The molecule has 2 rings (SSSR count). The predicted molar refractivity (Wildman–Crippen MR) is 77.5 cm³/mol. The minimum Gasteiger partial charge on any atom is -0.335 e. The van der Waals surface area contributed by atoms with E-state index in [-0.39, 0.29) is 5.91 Å². The third kappa shape index (κ3) is 3.52. The van der Waals surface area contributed by atoms with Crippen LogP contribution in [0.25, 0.3) is 0 Å². The highest BCUT2D eigenvalue weighted by molar-refractivity contribution is 7.09. The van der Waals surface area contributed by atoms with Gasteiger partial charge in [0.2, 0.25) is 0 Å². The number of thiazole rings is 1. The fourth-order valence-electron chi connectivity index (χ4n) is 2.25. The fourth-order valence-corrected chi connectivity index (χ4v) is 3.04. The molecule has 1 aromatic rings. The molecule has 0 unspecified atom stereocenters. The second kappa shape index (κ2) is 6.45. The number of amides is 1. The molecule has 6 heteroatoms. The SMILES string of the molecule is CC(C)N1CCN(C(=O)c2csc(CCN)n2)CC1. The number of nitrogens with two attached hydrogens (primary N) is 1. The molecule has 0 bridgehead atoms. The molecule has 19 heavy (non-hydrogen) atoms. The number of nitrogens with zero attached hydrogens (tertiary/aromatic N) is 3. The van der Waals surface area contributed by atoms with E-state index in [1.54, 1.807) is 0 Å². The fraction of sp³-hybridized carbons (Fsp3) is 0.692. The topological polar surface area (TPSA) is 62.5 Å². The molecule has 1 aromatic heterocycles. The molecule has 0 radical (unpaired) electrons. The van der Waals surface area contributed by atoms with Crippen LogP contribution in [0.15, 0.2) is 5.38 Å². The molecule has 2 N–H and O–H groups in total. The molecule has 1 aliphatic heterocycles. The standard InChI is InChI=1S/C13H22N4OS/c1-10(2)16-5-7-17(8-6-16)13(18)11-9-19-12(15-11)3-4-14/h9-10H,3-8,14H2,1-2H3. The van der Waals surface area contributed by atoms with Crippen molar-refractivity contribution >= 4 is 17.2 Å². The van der Waals surface area contributed by atoms with Gasteiger partial charge in [-0.2, -0.15) is 0 Å². The first kappa shape index (κ1) is 14.4. The van der Waals surface area contributed by atoms with E-state index in [0.717, 1.165) is 37.6 Å². The van der Waals surface area contributed by atoms with Gasteiger partial charge in [-0.05, 0) is 20.4 Å². The molecule has 0 saturated carbocycles. The summed E-state index contributed by atoms with van der Waals surface area (Å²) in [4.78, 5) is 21.0. The van der Waals surface area contributed by atoms with Crippen LogP contribution in [0.1, 0.15) is 29.3 Å². The van der Waals surface area contributed by atoms with Crippen molar-refractivity contribution in [2.45, 2.75) is 26.3 Å². The summed E-state index contributed by atoms with van der Waals surface area (Å²) in [6.07, 6.45) is 0.749. The van der Waals surface area contributed by atoms with Crippen LogP contribution in [0.5, 0.6) is 0 Å². The molecule has 5 nitrogen and oxygen atoms in total. The van der Waals surface area contributed by atoms with Crippen LogP contribution in [0, 0.1) is 0 Å². The van der Waals surface area contributed by atoms with E-state index < -0.39 is 0 Å². The number of carbonyl (C=O) groups excluding carboxylic acids is 1. The highest BCUT2D eigenvalue weighted by Crippen LogP contribution is 2.14. The molecule has 1 aliphatic rings. The number of carbonyl (C=O) groups is 1. The van der Waals surface area contributed by atoms with Crippen LogP contribution in [0.4, 0.5) is 0 Å². The summed E-state index contributed by atoms with van der Waals surface area (Å²) in [5, 5.41) is 2.80. The van der Waals surface area contributed by atoms with Crippen LogP contribution in [-0.4, -0.2) is 59.5 Å². The van der Waals surface area contributed by atoms with Crippen LogP contribution < -0.4 is 5.73 Å². The van der Waals surface area contributed by atoms with Crippen LogP contribution in [0.3, 0.4) is 0 Å². The van der Waals surface area contributed by atoms with Crippen molar-refractivity contribution in [2.75, 3.05) is 32.7 Å². The Labute approximate surface area is 118 Å². The highest BCUT2D eigenvalue weighted by Gasteiger charge is 2.24. The maximum absolute atomic E-state index is 12.3. The molecule has 1 fully saturated rings. The summed E-state index contributed by atoms with van der Waals surface area (Å²) < 4.78 is 0. The largest absolute Gasteiger partial charge is 0.335 e. The maximum Gasteiger partial charge on any atom is 0.273 e. The van der Waals surface area contributed by atoms with Crippen molar-refractivity contribution in [1.82, 2.24) is 14.8 Å². The maximum atomic E-state index is 12.3. The predicted octanol–water partition coefficient (Wildman–Crippen LogP) is 0.811. The Kier molecular flexibility index (Phi) is 4.90. The van der Waals surface area contributed by atoms with Crippen LogP contribution in [0.2, 0.25) is 0 Å². The number of hydrogen-bond acceptors (Lipinski definition) is 5. The zero-order chi connectivity index (χ0) is 13.8. The Bertz CT molecular complexity index is 424. The minimum atomic E-state index is 0.0583. The average molecular weight is 282 g/mol. The van der Waals surface area contributed by atoms with Gasteiger partial charge in [-0.25, -0.2) is 4.98 Å². The first-order chi connectivity index (χ1) is 9.11. The van der Waals surface area contributed by atoms with Crippen LogP contribution in [-0.2, 0) is 6.42 Å². The molecule has 1 amide bonds. The Morgan fingerprint density at radius 2 is 2.11 bits per heavy atom. The first-order valence-electron chi connectivity index (χ1n) is 6.79. The lowest BCUT2D eigenvalue weighted by Crippen LogP contribution is -2.50. The smallest absolute Gasteiger partial charge is 0.273 e. The van der Waals surface area contributed by atoms with Gasteiger partial charge in [0.25, 0.3) is 5.91 Å². The molecular weight excluding hydrogens is 260 g/mol. The quantitative estimate of drug-likeness (QED) is 0.888. The zero-order valence-corrected chi connectivity index (χ0v) is 12.4. The van der Waals surface area contributed by atoms with E-state index in [1.807, 2.05) is 10.3 Å². The van der Waals surface area contributed by atoms with E-state index in [0.29, 0.717) is 18.3 Å². The van der Waals surface area contributed by atoms with Crippen molar-refractivity contribution in [2.24, 2.45) is 5.73 Å². The van der Waals surface area contributed by atoms with Gasteiger partial charge in [-0.15, -0.1) is 11.3 Å². The van der Waals surface area contributed by atoms with E-state index >= 15 is 0 Å². The summed E-state index contributed by atoms with van der Waals surface area (Å²) in [6, 6.07) is 0.549. The number of piperazine rings is 1. The van der Waals surface area contributed by atoms with Gasteiger partial charge < -0.3 is 10.6 Å². The first-order valence-corrected chi connectivity index (χ1v) is 7.67. The summed E-state index contributed by atoms with van der Waals surface area (Å²) in [7, 11) is 0. The highest BCUT2D eigenvalue weighted by atomic mass is 32.1. The van der Waals surface area contributed by atoms with Gasteiger partial charge in [0.15, 0.2) is 0 Å². The summed E-state index contributed by atoms with van der Waals surface area (Å²) in [5.41, 5.74) is 6.07. The van der Waals surface area contributed by atoms with E-state index in [4.69, 9.17) is 5.73 Å². The van der Waals surface area contributed by atoms with E-state index in [9.17, 15) is 4.79 Å². The number of rotatable bonds is 4. The molecule has 106 valence electrons. The normalized spacial score (nSPS) is 17.2. The second-order valence-electron chi connectivity index (χ2n) is 5.09. The van der Waals surface area contributed by atoms with Crippen molar-refractivity contribution in [1.29, 1.82) is 0 Å². The summed E-state index contributed by atoms with van der Waals surface area (Å²) in [6.45, 7) is 8.44. The van der Waals surface area contributed by atoms with Gasteiger partial charge in [0.1, 0.15) is 5.69 Å². The number of aromatic nitrogens is 1. The summed E-state index contributed by atoms with van der Waals surface area (Å²) >= 11 is 1.52. The van der Waals surface area contributed by atoms with Crippen molar-refractivity contribution in [3.8, 4) is 0 Å². The van der Waals surface area contributed by atoms with Gasteiger partial charge in [-0.3, -0.25) is 9.69 Å². The second-order valence-corrected chi connectivity index (χ2v) is 6.03. The van der Waals surface area contributed by atoms with Gasteiger partial charge in [0.05, 0.1) is 5.01 Å². The molecule has 0 spiro atoms. The molecule has 1 saturated heterocycles. The lowest BCUT2D eigenvalue weighted by Gasteiger charge is -2.36.